The topological polar surface area (TPSA) is 21.3 Å². The van der Waals surface area contributed by atoms with Crippen molar-refractivity contribution in [2.24, 2.45) is 5.92 Å². The van der Waals surface area contributed by atoms with E-state index in [1.165, 1.54) is 12.8 Å². The van der Waals surface area contributed by atoms with Gasteiger partial charge in [0.05, 0.1) is 6.10 Å². The Labute approximate surface area is 102 Å². The van der Waals surface area contributed by atoms with Crippen LogP contribution < -0.4 is 10.1 Å². The summed E-state index contributed by atoms with van der Waals surface area (Å²) in [6.07, 6.45) is 2.66. The van der Waals surface area contributed by atoms with Crippen LogP contribution in [0.15, 0.2) is 24.3 Å². The summed E-state index contributed by atoms with van der Waals surface area (Å²) in [6.45, 7) is 4.36. The third-order valence-corrected chi connectivity index (χ3v) is 3.40. The summed E-state index contributed by atoms with van der Waals surface area (Å²) < 4.78 is 5.92. The molecule has 1 aliphatic heterocycles. The first-order valence-corrected chi connectivity index (χ1v) is 6.26. The Kier molecular flexibility index (Phi) is 4.08. The maximum absolute atomic E-state index is 5.92. The lowest BCUT2D eigenvalue weighted by atomic mass is 9.93. The molecular weight excluding hydrogens is 222 g/mol. The van der Waals surface area contributed by atoms with Gasteiger partial charge in [-0.3, -0.25) is 0 Å². The first-order valence-electron chi connectivity index (χ1n) is 5.88. The highest BCUT2D eigenvalue weighted by Gasteiger charge is 2.21. The molecule has 1 atom stereocenters. The van der Waals surface area contributed by atoms with Crippen LogP contribution in [0.1, 0.15) is 19.8 Å². The van der Waals surface area contributed by atoms with Crippen molar-refractivity contribution in [2.75, 3.05) is 13.1 Å². The van der Waals surface area contributed by atoms with Gasteiger partial charge in [0, 0.05) is 5.02 Å². The van der Waals surface area contributed by atoms with Gasteiger partial charge >= 0.3 is 0 Å². The number of hydrogen-bond donors (Lipinski definition) is 1. The number of benzene rings is 1. The largest absolute Gasteiger partial charge is 0.490 e. The van der Waals surface area contributed by atoms with Gasteiger partial charge in [-0.05, 0) is 57.0 Å². The van der Waals surface area contributed by atoms with Crippen molar-refractivity contribution >= 4 is 11.6 Å². The number of hydrogen-bond acceptors (Lipinski definition) is 2. The van der Waals surface area contributed by atoms with E-state index in [-0.39, 0.29) is 6.10 Å². The zero-order valence-electron chi connectivity index (χ0n) is 9.58. The molecule has 1 N–H and O–H groups in total. The summed E-state index contributed by atoms with van der Waals surface area (Å²) in [5, 5.41) is 4.10. The average Bonchev–Trinajstić information content (AvgIpc) is 2.30. The molecule has 88 valence electrons. The molecule has 2 nitrogen and oxygen atoms in total. The quantitative estimate of drug-likeness (QED) is 0.875. The maximum atomic E-state index is 5.92. The Morgan fingerprint density at radius 1 is 1.38 bits per heavy atom. The van der Waals surface area contributed by atoms with Crippen molar-refractivity contribution in [3.05, 3.63) is 29.3 Å². The summed E-state index contributed by atoms with van der Waals surface area (Å²) in [5.41, 5.74) is 0. The molecule has 0 bridgehead atoms. The second-order valence-electron chi connectivity index (χ2n) is 4.37. The number of piperidine rings is 1. The molecule has 1 unspecified atom stereocenters. The Balaban J connectivity index is 1.93. The normalized spacial score (nSPS) is 19.4. The van der Waals surface area contributed by atoms with E-state index in [1.807, 2.05) is 24.3 Å². The number of rotatable bonds is 3. The van der Waals surface area contributed by atoms with Crippen LogP contribution in [0.4, 0.5) is 0 Å². The predicted octanol–water partition coefficient (Wildman–Crippen LogP) is 3.11. The summed E-state index contributed by atoms with van der Waals surface area (Å²) >= 11 is 5.92. The Morgan fingerprint density at radius 2 is 2.12 bits per heavy atom. The van der Waals surface area contributed by atoms with E-state index >= 15 is 0 Å². The van der Waals surface area contributed by atoms with E-state index in [9.17, 15) is 0 Å². The highest BCUT2D eigenvalue weighted by molar-refractivity contribution is 6.30. The van der Waals surface area contributed by atoms with Crippen LogP contribution in [-0.4, -0.2) is 19.2 Å². The monoisotopic (exact) mass is 239 g/mol. The van der Waals surface area contributed by atoms with Crippen LogP contribution in [0.25, 0.3) is 0 Å². The molecule has 1 fully saturated rings. The zero-order valence-corrected chi connectivity index (χ0v) is 10.3. The Morgan fingerprint density at radius 3 is 2.81 bits per heavy atom. The second kappa shape index (κ2) is 5.55. The predicted molar refractivity (Wildman–Crippen MR) is 67.1 cm³/mol. The zero-order chi connectivity index (χ0) is 11.4. The third kappa shape index (κ3) is 3.13. The lowest BCUT2D eigenvalue weighted by Crippen LogP contribution is -2.35. The van der Waals surface area contributed by atoms with Crippen molar-refractivity contribution in [1.82, 2.24) is 5.32 Å². The van der Waals surface area contributed by atoms with E-state index in [4.69, 9.17) is 16.3 Å². The van der Waals surface area contributed by atoms with Crippen molar-refractivity contribution in [3.8, 4) is 5.75 Å². The van der Waals surface area contributed by atoms with Crippen molar-refractivity contribution in [1.29, 1.82) is 0 Å². The van der Waals surface area contributed by atoms with Gasteiger partial charge in [0.25, 0.3) is 0 Å². The number of halogens is 1. The van der Waals surface area contributed by atoms with E-state index in [0.717, 1.165) is 23.9 Å². The highest BCUT2D eigenvalue weighted by Crippen LogP contribution is 2.23. The summed E-state index contributed by atoms with van der Waals surface area (Å²) in [7, 11) is 0. The van der Waals surface area contributed by atoms with E-state index in [2.05, 4.69) is 12.2 Å². The number of nitrogens with one attached hydrogen (secondary N) is 1. The summed E-state index contributed by atoms with van der Waals surface area (Å²) in [5.74, 6) is 1.53. The minimum Gasteiger partial charge on any atom is -0.490 e. The smallest absolute Gasteiger partial charge is 0.121 e. The third-order valence-electron chi connectivity index (χ3n) is 3.17. The molecule has 1 heterocycles. The number of ether oxygens (including phenoxy) is 1. The van der Waals surface area contributed by atoms with Gasteiger partial charge in [0.2, 0.25) is 0 Å². The van der Waals surface area contributed by atoms with Gasteiger partial charge in [0.15, 0.2) is 0 Å². The fourth-order valence-corrected chi connectivity index (χ4v) is 2.35. The van der Waals surface area contributed by atoms with Crippen LogP contribution in [0, 0.1) is 5.92 Å². The molecule has 0 amide bonds. The lowest BCUT2D eigenvalue weighted by Gasteiger charge is -2.28. The van der Waals surface area contributed by atoms with Crippen LogP contribution >= 0.6 is 11.6 Å². The molecule has 1 aliphatic rings. The Bertz CT molecular complexity index is 336. The van der Waals surface area contributed by atoms with Crippen LogP contribution in [-0.2, 0) is 0 Å². The highest BCUT2D eigenvalue weighted by atomic mass is 35.5. The van der Waals surface area contributed by atoms with Crippen LogP contribution in [0.3, 0.4) is 0 Å². The van der Waals surface area contributed by atoms with Crippen molar-refractivity contribution in [3.63, 3.8) is 0 Å². The lowest BCUT2D eigenvalue weighted by molar-refractivity contribution is 0.128. The van der Waals surface area contributed by atoms with Gasteiger partial charge in [-0.1, -0.05) is 17.7 Å². The summed E-state index contributed by atoms with van der Waals surface area (Å²) in [4.78, 5) is 0. The molecule has 3 heteroatoms. The standard InChI is InChI=1S/C13H18ClNO/c1-10(11-5-7-15-8-6-11)16-13-4-2-3-12(14)9-13/h2-4,9-11,15H,5-8H2,1H3. The molecule has 0 saturated carbocycles. The fraction of sp³-hybridized carbons (Fsp3) is 0.538. The van der Waals surface area contributed by atoms with Crippen molar-refractivity contribution < 1.29 is 4.74 Å². The molecule has 0 radical (unpaired) electrons. The molecule has 16 heavy (non-hydrogen) atoms. The van der Waals surface area contributed by atoms with Gasteiger partial charge in [0.1, 0.15) is 5.75 Å². The SMILES string of the molecule is CC(Oc1cccc(Cl)c1)C1CCNCC1. The fourth-order valence-electron chi connectivity index (χ4n) is 2.16. The first-order chi connectivity index (χ1) is 7.75. The minimum absolute atomic E-state index is 0.264. The summed E-state index contributed by atoms with van der Waals surface area (Å²) in [6, 6.07) is 7.62. The average molecular weight is 240 g/mol. The van der Waals surface area contributed by atoms with Gasteiger partial charge in [-0.25, -0.2) is 0 Å². The molecule has 1 aromatic rings. The molecule has 0 aromatic heterocycles. The molecule has 1 aromatic carbocycles. The van der Waals surface area contributed by atoms with Gasteiger partial charge in [-0.15, -0.1) is 0 Å². The van der Waals surface area contributed by atoms with E-state index < -0.39 is 0 Å². The maximum Gasteiger partial charge on any atom is 0.121 e. The molecule has 1 saturated heterocycles. The van der Waals surface area contributed by atoms with Crippen LogP contribution in [0.5, 0.6) is 5.75 Å². The first kappa shape index (κ1) is 11.7. The minimum atomic E-state index is 0.264. The van der Waals surface area contributed by atoms with Gasteiger partial charge in [-0.2, -0.15) is 0 Å². The second-order valence-corrected chi connectivity index (χ2v) is 4.80. The molecule has 0 aliphatic carbocycles. The van der Waals surface area contributed by atoms with E-state index in [0.29, 0.717) is 5.92 Å². The van der Waals surface area contributed by atoms with E-state index in [1.54, 1.807) is 0 Å². The van der Waals surface area contributed by atoms with Crippen LogP contribution in [0.2, 0.25) is 5.02 Å². The molecule has 2 rings (SSSR count). The van der Waals surface area contributed by atoms with Crippen molar-refractivity contribution in [2.45, 2.75) is 25.9 Å². The van der Waals surface area contributed by atoms with Gasteiger partial charge < -0.3 is 10.1 Å². The Hall–Kier alpha value is -0.730. The molecular formula is C13H18ClNO. The molecule has 0 spiro atoms.